The second-order valence-corrected chi connectivity index (χ2v) is 18.9. The van der Waals surface area contributed by atoms with E-state index >= 15 is 0 Å². The molecule has 0 saturated carbocycles. The van der Waals surface area contributed by atoms with Crippen molar-refractivity contribution in [1.29, 1.82) is 0 Å². The number of nitrogens with one attached hydrogen (secondary N) is 4. The fourth-order valence-corrected chi connectivity index (χ4v) is 7.61. The number of aliphatic carboxylic acids is 2. The molecule has 6 amide bonds. The van der Waals surface area contributed by atoms with E-state index in [4.69, 9.17) is 39.5 Å². The number of primary amides is 2. The van der Waals surface area contributed by atoms with Crippen LogP contribution in [0.3, 0.4) is 0 Å². The van der Waals surface area contributed by atoms with Crippen LogP contribution in [0.15, 0.2) is 9.98 Å². The Labute approximate surface area is 444 Å². The Hall–Kier alpha value is -7.47. The lowest BCUT2D eigenvalue weighted by atomic mass is 9.88. The molecule has 30 heteroatoms. The van der Waals surface area contributed by atoms with Crippen LogP contribution in [0.2, 0.25) is 0 Å². The normalized spacial score (nSPS) is 15.3. The van der Waals surface area contributed by atoms with Gasteiger partial charge in [0.15, 0.2) is 35.1 Å². The lowest BCUT2D eigenvalue weighted by Gasteiger charge is -2.25. The van der Waals surface area contributed by atoms with Gasteiger partial charge in [-0.1, -0.05) is 13.8 Å². The predicted octanol–water partition coefficient (Wildman–Crippen LogP) is -5.35. The number of Topliss-reactive ketones (excluding diaryl/α,β-unsaturated/α-hetero) is 5. The van der Waals surface area contributed by atoms with Gasteiger partial charge in [-0.2, -0.15) is 0 Å². The van der Waals surface area contributed by atoms with E-state index in [0.29, 0.717) is 0 Å². The van der Waals surface area contributed by atoms with Crippen molar-refractivity contribution in [2.45, 2.75) is 141 Å². The van der Waals surface area contributed by atoms with Crippen molar-refractivity contribution >= 4 is 88.2 Å². The number of rotatable bonds is 42. The molecule has 0 aliphatic heterocycles. The number of guanidine groups is 2. The topological polar surface area (TPSA) is 552 Å². The molecule has 0 radical (unpaired) electrons. The molecule has 0 bridgehead atoms. The van der Waals surface area contributed by atoms with E-state index in [-0.39, 0.29) is 63.5 Å². The molecular weight excluding hydrogens is 1020 g/mol. The number of carboxylic acid groups (broad SMARTS) is 2. The summed E-state index contributed by atoms with van der Waals surface area (Å²) in [6.45, 7) is 3.34. The maximum absolute atomic E-state index is 13.7. The molecule has 0 aliphatic carbocycles. The first-order valence-electron chi connectivity index (χ1n) is 24.7. The summed E-state index contributed by atoms with van der Waals surface area (Å²) < 4.78 is 0. The summed E-state index contributed by atoms with van der Waals surface area (Å²) in [6.07, 6.45) is -8.13. The highest BCUT2D eigenvalue weighted by Gasteiger charge is 2.36. The molecule has 30 nitrogen and oxygen atoms in total. The molecule has 0 unspecified atom stereocenters. The molecule has 21 N–H and O–H groups in total. The molecule has 0 rings (SSSR count). The summed E-state index contributed by atoms with van der Waals surface area (Å²) in [5.41, 5.74) is 32.1. The van der Waals surface area contributed by atoms with Crippen molar-refractivity contribution in [2.75, 3.05) is 26.2 Å². The Kier molecular flexibility index (Phi) is 32.3. The SMILES string of the molecule is C[C@H](CC(=O)[C@H](CC(N)=O)NC(=O)[C@@H](CC(=O)[C@@H](C)CCC(=O)O)[C@@H](C)O)C(=O)NCC(=O)C[C@@H](CCCN=C(N)N)C(=O)N[C@@H](CO)C(=O)C[C@@H](CC(=O)O)C(=O)N[C@H](C(=O)C[C@@H](CCCN=C(N)N)C(N)=O)[C@@H](C)O. The van der Waals surface area contributed by atoms with Gasteiger partial charge in [-0.3, -0.25) is 72.3 Å². The predicted molar refractivity (Wildman–Crippen MR) is 272 cm³/mol. The smallest absolute Gasteiger partial charge is 0.304 e. The molecule has 11 atom stereocenters. The zero-order chi connectivity index (χ0) is 59.3. The van der Waals surface area contributed by atoms with Gasteiger partial charge in [0.25, 0.3) is 0 Å². The van der Waals surface area contributed by atoms with E-state index in [9.17, 15) is 82.8 Å². The number of ketones is 5. The van der Waals surface area contributed by atoms with Crippen LogP contribution in [0, 0.1) is 35.5 Å². The summed E-state index contributed by atoms with van der Waals surface area (Å²) in [7, 11) is 0. The minimum Gasteiger partial charge on any atom is -0.481 e. The quantitative estimate of drug-likeness (QED) is 0.0154. The highest BCUT2D eigenvalue weighted by atomic mass is 16.4. The maximum atomic E-state index is 13.7. The summed E-state index contributed by atoms with van der Waals surface area (Å²) in [5.74, 6) is -20.8. The van der Waals surface area contributed by atoms with Crippen molar-refractivity contribution in [2.24, 2.45) is 79.9 Å². The number of carboxylic acids is 2. The Morgan fingerprint density at radius 1 is 0.494 bits per heavy atom. The molecule has 434 valence electrons. The van der Waals surface area contributed by atoms with Gasteiger partial charge in [-0.15, -0.1) is 0 Å². The Balaban J connectivity index is 6.09. The lowest BCUT2D eigenvalue weighted by molar-refractivity contribution is -0.143. The van der Waals surface area contributed by atoms with Gasteiger partial charge in [0, 0.05) is 75.3 Å². The molecule has 0 fully saturated rings. The van der Waals surface area contributed by atoms with Crippen LogP contribution in [-0.4, -0.2) is 170 Å². The molecule has 0 aromatic rings. The highest BCUT2D eigenvalue weighted by molar-refractivity contribution is 5.99. The first-order chi connectivity index (χ1) is 35.8. The molecule has 0 spiro atoms. The summed E-state index contributed by atoms with van der Waals surface area (Å²) >= 11 is 0. The van der Waals surface area contributed by atoms with Gasteiger partial charge in [-0.05, 0) is 46.0 Å². The second-order valence-electron chi connectivity index (χ2n) is 18.9. The minimum absolute atomic E-state index is 0.0295. The summed E-state index contributed by atoms with van der Waals surface area (Å²) in [5, 5.41) is 58.6. The van der Waals surface area contributed by atoms with Crippen LogP contribution in [0.4, 0.5) is 0 Å². The van der Waals surface area contributed by atoms with Gasteiger partial charge in [0.1, 0.15) is 17.9 Å². The standard InChI is InChI=1S/C47H78N12O18/c1-22(9-10-38(69)70)33(64)18-30(24(3)61)45(77)57-31(19-37(48)68)34(65)13-23(2)42(74)56-20-29(63)14-27(8-6-12-55-47(52)53)43(75)58-32(21-60)35(66)16-28(17-39(71)72)44(76)59-40(25(4)62)36(67)15-26(41(49)73)7-5-11-54-46(50)51/h22-28,30-32,40,60-62H,5-21H2,1-4H3,(H2,48,68)(H2,49,73)(H,56,74)(H,57,77)(H,58,75)(H,59,76)(H,69,70)(H,71,72)(H4,50,51,54)(H4,52,53,55)/t22-,23+,24+,25+,26+,27+,28-,30-,31-,32-,40-/m0/s1. The van der Waals surface area contributed by atoms with Gasteiger partial charge >= 0.3 is 11.9 Å². The second kappa shape index (κ2) is 35.7. The minimum atomic E-state index is -1.79. The third-order valence-corrected chi connectivity index (χ3v) is 12.2. The number of carbonyl (C=O) groups excluding carboxylic acids is 11. The number of nitrogens with two attached hydrogens (primary N) is 6. The molecule has 0 aliphatic rings. The van der Waals surface area contributed by atoms with Crippen molar-refractivity contribution < 1.29 is 87.9 Å². The number of carbonyl (C=O) groups is 13. The zero-order valence-electron chi connectivity index (χ0n) is 43.8. The first kappa shape index (κ1) is 69.5. The third kappa shape index (κ3) is 28.9. The van der Waals surface area contributed by atoms with Crippen LogP contribution >= 0.6 is 0 Å². The average Bonchev–Trinajstić information content (AvgIpc) is 3.32. The lowest BCUT2D eigenvalue weighted by Crippen LogP contribution is -2.52. The molecule has 0 saturated heterocycles. The van der Waals surface area contributed by atoms with E-state index in [1.54, 1.807) is 0 Å². The molecule has 0 aromatic heterocycles. The fraction of sp³-hybridized carbons (Fsp3) is 0.681. The van der Waals surface area contributed by atoms with Gasteiger partial charge in [-0.25, -0.2) is 0 Å². The van der Waals surface area contributed by atoms with Crippen molar-refractivity contribution in [3.8, 4) is 0 Å². The Morgan fingerprint density at radius 2 is 1.01 bits per heavy atom. The molecule has 77 heavy (non-hydrogen) atoms. The van der Waals surface area contributed by atoms with E-state index in [1.165, 1.54) is 20.8 Å². The largest absolute Gasteiger partial charge is 0.481 e. The van der Waals surface area contributed by atoms with Crippen molar-refractivity contribution in [1.82, 2.24) is 21.3 Å². The van der Waals surface area contributed by atoms with E-state index in [2.05, 4.69) is 31.3 Å². The Bertz CT molecular complexity index is 2160. The molecule has 0 aromatic carbocycles. The molecular formula is C47H78N12O18. The number of nitrogens with zero attached hydrogens (tertiary/aromatic N) is 2. The van der Waals surface area contributed by atoms with Crippen LogP contribution in [0.25, 0.3) is 0 Å². The van der Waals surface area contributed by atoms with Crippen molar-refractivity contribution in [3.05, 3.63) is 0 Å². The fourth-order valence-electron chi connectivity index (χ4n) is 7.61. The van der Waals surface area contributed by atoms with E-state index < -0.39 is 200 Å². The molecule has 0 heterocycles. The van der Waals surface area contributed by atoms with Gasteiger partial charge in [0.2, 0.25) is 35.4 Å². The average molecular weight is 1100 g/mol. The number of aliphatic hydroxyl groups is 3. The van der Waals surface area contributed by atoms with Crippen molar-refractivity contribution in [3.63, 3.8) is 0 Å². The number of amides is 6. The number of aliphatic hydroxyl groups excluding tert-OH is 3. The third-order valence-electron chi connectivity index (χ3n) is 12.2. The number of hydrogen-bond acceptors (Lipinski definition) is 18. The summed E-state index contributed by atoms with van der Waals surface area (Å²) in [4.78, 5) is 174. The van der Waals surface area contributed by atoms with E-state index in [1.807, 2.05) is 0 Å². The first-order valence-corrected chi connectivity index (χ1v) is 24.7. The maximum Gasteiger partial charge on any atom is 0.304 e. The van der Waals surface area contributed by atoms with Gasteiger partial charge in [0.05, 0.1) is 56.1 Å². The van der Waals surface area contributed by atoms with Crippen LogP contribution < -0.4 is 55.7 Å². The van der Waals surface area contributed by atoms with Crippen LogP contribution in [0.1, 0.15) is 111 Å². The van der Waals surface area contributed by atoms with Gasteiger partial charge < -0.3 is 81.2 Å². The van der Waals surface area contributed by atoms with E-state index in [0.717, 1.165) is 6.92 Å². The summed E-state index contributed by atoms with van der Waals surface area (Å²) in [6, 6.07) is -5.10. The van der Waals surface area contributed by atoms with Crippen LogP contribution in [0.5, 0.6) is 0 Å². The number of hydrogen-bond donors (Lipinski definition) is 15. The Morgan fingerprint density at radius 3 is 1.49 bits per heavy atom. The highest BCUT2D eigenvalue weighted by Crippen LogP contribution is 2.20. The zero-order valence-corrected chi connectivity index (χ0v) is 43.8. The monoisotopic (exact) mass is 1100 g/mol. The van der Waals surface area contributed by atoms with Crippen LogP contribution in [-0.2, 0) is 62.3 Å². The number of aliphatic imine (C=N–C) groups is 2.